The molecular weight excluding hydrogens is 238 g/mol. The highest BCUT2D eigenvalue weighted by atomic mass is 16.5. The monoisotopic (exact) mass is 261 g/mol. The smallest absolute Gasteiger partial charge is 0.126 e. The van der Waals surface area contributed by atoms with Crippen LogP contribution in [0, 0.1) is 0 Å². The van der Waals surface area contributed by atoms with Crippen LogP contribution in [0.2, 0.25) is 0 Å². The van der Waals surface area contributed by atoms with Gasteiger partial charge in [0, 0.05) is 18.2 Å². The summed E-state index contributed by atoms with van der Waals surface area (Å²) in [6, 6.07) is 6.51. The number of benzene rings is 1. The van der Waals surface area contributed by atoms with Crippen LogP contribution in [0.15, 0.2) is 24.3 Å². The summed E-state index contributed by atoms with van der Waals surface area (Å²) in [5.41, 5.74) is 2.45. The van der Waals surface area contributed by atoms with Crippen LogP contribution in [-0.2, 0) is 6.42 Å². The zero-order valence-corrected chi connectivity index (χ0v) is 11.7. The third kappa shape index (κ3) is 3.82. The fourth-order valence-electron chi connectivity index (χ4n) is 2.11. The minimum absolute atomic E-state index is 0.327. The summed E-state index contributed by atoms with van der Waals surface area (Å²) >= 11 is 0. The average Bonchev–Trinajstić information content (AvgIpc) is 2.91. The maximum atomic E-state index is 9.90. The molecule has 1 aliphatic carbocycles. The van der Waals surface area contributed by atoms with Gasteiger partial charge in [-0.25, -0.2) is 0 Å². The molecule has 2 N–H and O–H groups in total. The van der Waals surface area contributed by atoms with E-state index in [-0.39, 0.29) is 0 Å². The van der Waals surface area contributed by atoms with E-state index in [0.29, 0.717) is 19.2 Å². The van der Waals surface area contributed by atoms with Crippen molar-refractivity contribution in [2.45, 2.75) is 38.8 Å². The first-order valence-corrected chi connectivity index (χ1v) is 7.03. The summed E-state index contributed by atoms with van der Waals surface area (Å²) in [6.07, 6.45) is 5.79. The Balaban J connectivity index is 1.82. The van der Waals surface area contributed by atoms with Gasteiger partial charge >= 0.3 is 0 Å². The molecule has 0 aliphatic heterocycles. The molecule has 0 bridgehead atoms. The maximum absolute atomic E-state index is 9.90. The first-order valence-electron chi connectivity index (χ1n) is 7.03. The number of allylic oxidation sites excluding steroid dienone is 1. The van der Waals surface area contributed by atoms with Crippen LogP contribution >= 0.6 is 0 Å². The van der Waals surface area contributed by atoms with Crippen molar-refractivity contribution < 1.29 is 9.84 Å². The predicted molar refractivity (Wildman–Crippen MR) is 78.4 cm³/mol. The average molecular weight is 261 g/mol. The van der Waals surface area contributed by atoms with Crippen molar-refractivity contribution in [2.75, 3.05) is 13.2 Å². The lowest BCUT2D eigenvalue weighted by molar-refractivity contribution is 0.104. The van der Waals surface area contributed by atoms with E-state index in [9.17, 15) is 5.11 Å². The Kier molecular flexibility index (Phi) is 5.00. The second-order valence-corrected chi connectivity index (χ2v) is 5.12. The second-order valence-electron chi connectivity index (χ2n) is 5.12. The number of hydrogen-bond donors (Lipinski definition) is 2. The standard InChI is InChI=1S/C16H23NO2/c1-3-12(2)17-10-14(18)11-19-16-9-5-7-13-6-4-8-15(13)16/h4-5,7-9,12,14,17-18H,3,6,10-11H2,1-2H3. The van der Waals surface area contributed by atoms with Gasteiger partial charge in [0.2, 0.25) is 0 Å². The van der Waals surface area contributed by atoms with E-state index in [1.165, 1.54) is 5.56 Å². The van der Waals surface area contributed by atoms with Crippen molar-refractivity contribution >= 4 is 6.08 Å². The molecule has 2 rings (SSSR count). The molecule has 1 aromatic rings. The molecule has 0 saturated carbocycles. The first kappa shape index (κ1) is 14.1. The van der Waals surface area contributed by atoms with Gasteiger partial charge in [0.25, 0.3) is 0 Å². The molecule has 1 aliphatic rings. The molecule has 0 saturated heterocycles. The van der Waals surface area contributed by atoms with Gasteiger partial charge in [-0.15, -0.1) is 0 Å². The molecule has 2 unspecified atom stereocenters. The van der Waals surface area contributed by atoms with Crippen LogP contribution in [-0.4, -0.2) is 30.4 Å². The lowest BCUT2D eigenvalue weighted by atomic mass is 10.1. The Bertz CT molecular complexity index is 442. The van der Waals surface area contributed by atoms with E-state index in [1.807, 2.05) is 12.1 Å². The summed E-state index contributed by atoms with van der Waals surface area (Å²) in [5.74, 6) is 0.869. The van der Waals surface area contributed by atoms with Crippen LogP contribution in [0.25, 0.3) is 6.08 Å². The summed E-state index contributed by atoms with van der Waals surface area (Å²) in [7, 11) is 0. The summed E-state index contributed by atoms with van der Waals surface area (Å²) in [6.45, 7) is 5.14. The Labute approximate surface area is 115 Å². The van der Waals surface area contributed by atoms with Gasteiger partial charge in [0.1, 0.15) is 18.5 Å². The minimum atomic E-state index is -0.477. The number of hydrogen-bond acceptors (Lipinski definition) is 3. The van der Waals surface area contributed by atoms with Crippen molar-refractivity contribution in [3.63, 3.8) is 0 Å². The van der Waals surface area contributed by atoms with Crippen LogP contribution in [0.5, 0.6) is 5.75 Å². The van der Waals surface area contributed by atoms with E-state index < -0.39 is 6.10 Å². The number of aliphatic hydroxyl groups excluding tert-OH is 1. The van der Waals surface area contributed by atoms with Gasteiger partial charge in [0.15, 0.2) is 0 Å². The van der Waals surface area contributed by atoms with Gasteiger partial charge in [-0.05, 0) is 31.4 Å². The first-order chi connectivity index (χ1) is 9.20. The highest BCUT2D eigenvalue weighted by Crippen LogP contribution is 2.28. The zero-order chi connectivity index (χ0) is 13.7. The molecule has 0 heterocycles. The molecule has 0 spiro atoms. The molecule has 2 atom stereocenters. The number of ether oxygens (including phenoxy) is 1. The van der Waals surface area contributed by atoms with Crippen molar-refractivity contribution in [3.8, 4) is 5.75 Å². The van der Waals surface area contributed by atoms with Gasteiger partial charge in [0.05, 0.1) is 0 Å². The molecule has 3 heteroatoms. The lowest BCUT2D eigenvalue weighted by Crippen LogP contribution is -2.36. The van der Waals surface area contributed by atoms with E-state index in [4.69, 9.17) is 4.74 Å². The Morgan fingerprint density at radius 1 is 1.42 bits per heavy atom. The molecule has 0 aromatic heterocycles. The molecule has 1 aromatic carbocycles. The van der Waals surface area contributed by atoms with Gasteiger partial charge in [-0.3, -0.25) is 0 Å². The number of fused-ring (bicyclic) bond motifs is 1. The SMILES string of the molecule is CCC(C)NCC(O)COc1cccc2c1C=CC2. The topological polar surface area (TPSA) is 41.5 Å². The maximum Gasteiger partial charge on any atom is 0.126 e. The highest BCUT2D eigenvalue weighted by molar-refractivity contribution is 5.65. The van der Waals surface area contributed by atoms with Crippen molar-refractivity contribution in [1.29, 1.82) is 0 Å². The van der Waals surface area contributed by atoms with Crippen molar-refractivity contribution in [3.05, 3.63) is 35.4 Å². The fraction of sp³-hybridized carbons (Fsp3) is 0.500. The Hall–Kier alpha value is -1.32. The van der Waals surface area contributed by atoms with E-state index in [1.54, 1.807) is 0 Å². The predicted octanol–water partition coefficient (Wildman–Crippen LogP) is 2.38. The van der Waals surface area contributed by atoms with E-state index in [0.717, 1.165) is 24.2 Å². The third-order valence-corrected chi connectivity index (χ3v) is 3.52. The molecule has 3 nitrogen and oxygen atoms in total. The van der Waals surface area contributed by atoms with Crippen LogP contribution < -0.4 is 10.1 Å². The molecule has 0 fully saturated rings. The van der Waals surface area contributed by atoms with Gasteiger partial charge in [-0.2, -0.15) is 0 Å². The second kappa shape index (κ2) is 6.73. The number of aliphatic hydroxyl groups is 1. The summed E-state index contributed by atoms with van der Waals surface area (Å²) < 4.78 is 5.74. The Morgan fingerprint density at radius 3 is 3.05 bits per heavy atom. The zero-order valence-electron chi connectivity index (χ0n) is 11.7. The molecule has 0 radical (unpaired) electrons. The summed E-state index contributed by atoms with van der Waals surface area (Å²) in [4.78, 5) is 0. The van der Waals surface area contributed by atoms with Crippen molar-refractivity contribution in [1.82, 2.24) is 5.32 Å². The summed E-state index contributed by atoms with van der Waals surface area (Å²) in [5, 5.41) is 13.2. The molecule has 0 amide bonds. The Morgan fingerprint density at radius 2 is 2.26 bits per heavy atom. The highest BCUT2D eigenvalue weighted by Gasteiger charge is 2.12. The van der Waals surface area contributed by atoms with Gasteiger partial charge in [-0.1, -0.05) is 31.2 Å². The van der Waals surface area contributed by atoms with E-state index in [2.05, 4.69) is 37.4 Å². The van der Waals surface area contributed by atoms with E-state index >= 15 is 0 Å². The van der Waals surface area contributed by atoms with Crippen LogP contribution in [0.1, 0.15) is 31.4 Å². The number of nitrogens with one attached hydrogen (secondary N) is 1. The largest absolute Gasteiger partial charge is 0.490 e. The van der Waals surface area contributed by atoms with Gasteiger partial charge < -0.3 is 15.2 Å². The lowest BCUT2D eigenvalue weighted by Gasteiger charge is -2.17. The fourth-order valence-corrected chi connectivity index (χ4v) is 2.11. The normalized spacial score (nSPS) is 16.2. The number of rotatable bonds is 7. The molecular formula is C16H23NO2. The van der Waals surface area contributed by atoms with Crippen LogP contribution in [0.4, 0.5) is 0 Å². The minimum Gasteiger partial charge on any atom is -0.490 e. The van der Waals surface area contributed by atoms with Crippen molar-refractivity contribution in [2.24, 2.45) is 0 Å². The van der Waals surface area contributed by atoms with Crippen LogP contribution in [0.3, 0.4) is 0 Å². The third-order valence-electron chi connectivity index (χ3n) is 3.52. The molecule has 19 heavy (non-hydrogen) atoms. The quantitative estimate of drug-likeness (QED) is 0.792. The molecule has 104 valence electrons.